The molecule has 7 nitrogen and oxygen atoms in total. The van der Waals surface area contributed by atoms with Crippen LogP contribution in [0.5, 0.6) is 17.4 Å². The first kappa shape index (κ1) is 21.0. The van der Waals surface area contributed by atoms with Crippen LogP contribution in [-0.2, 0) is 0 Å². The number of aryl methyl sites for hydroxylation is 1. The van der Waals surface area contributed by atoms with Crippen molar-refractivity contribution in [3.05, 3.63) is 83.0 Å². The Balaban J connectivity index is 1.46. The lowest BCUT2D eigenvalue weighted by Gasteiger charge is -2.10. The van der Waals surface area contributed by atoms with E-state index in [2.05, 4.69) is 15.3 Å². The maximum Gasteiger partial charge on any atom is 0.275 e. The van der Waals surface area contributed by atoms with Gasteiger partial charge in [0.1, 0.15) is 33.8 Å². The normalized spacial score (nSPS) is 10.3. The summed E-state index contributed by atoms with van der Waals surface area (Å²) in [6.07, 6.45) is 1.56. The van der Waals surface area contributed by atoms with Crippen molar-refractivity contribution in [2.45, 2.75) is 6.92 Å². The maximum atomic E-state index is 12.7. The van der Waals surface area contributed by atoms with E-state index in [1.807, 2.05) is 37.3 Å². The predicted molar refractivity (Wildman–Crippen MR) is 122 cm³/mol. The minimum Gasteiger partial charge on any atom is -0.497 e. The van der Waals surface area contributed by atoms with Gasteiger partial charge in [0.15, 0.2) is 0 Å². The van der Waals surface area contributed by atoms with Crippen LogP contribution in [0.1, 0.15) is 21.6 Å². The number of nitriles is 1. The molecule has 0 aliphatic heterocycles. The maximum absolute atomic E-state index is 12.7. The highest BCUT2D eigenvalue weighted by Gasteiger charge is 2.14. The second-order valence-corrected chi connectivity index (χ2v) is 7.63. The summed E-state index contributed by atoms with van der Waals surface area (Å²) < 4.78 is 10.9. The summed E-state index contributed by atoms with van der Waals surface area (Å²) >= 11 is 1.40. The molecule has 1 N–H and O–H groups in total. The van der Waals surface area contributed by atoms with Crippen LogP contribution in [0.25, 0.3) is 10.6 Å². The van der Waals surface area contributed by atoms with Crippen LogP contribution in [0.3, 0.4) is 0 Å². The summed E-state index contributed by atoms with van der Waals surface area (Å²) in [5, 5.41) is 14.5. The number of hydrogen-bond donors (Lipinski definition) is 1. The van der Waals surface area contributed by atoms with E-state index in [0.29, 0.717) is 22.7 Å². The Kier molecular flexibility index (Phi) is 6.10. The van der Waals surface area contributed by atoms with E-state index in [1.165, 1.54) is 11.3 Å². The Hall–Kier alpha value is -4.22. The van der Waals surface area contributed by atoms with Gasteiger partial charge in [-0.1, -0.05) is 0 Å². The van der Waals surface area contributed by atoms with Crippen molar-refractivity contribution in [2.24, 2.45) is 0 Å². The Morgan fingerprint density at radius 1 is 1.12 bits per heavy atom. The third kappa shape index (κ3) is 4.58. The van der Waals surface area contributed by atoms with Crippen LogP contribution in [0.2, 0.25) is 0 Å². The summed E-state index contributed by atoms with van der Waals surface area (Å²) in [5.74, 6) is 1.22. The van der Waals surface area contributed by atoms with Crippen LogP contribution in [-0.4, -0.2) is 23.0 Å². The molecule has 1 amide bonds. The van der Waals surface area contributed by atoms with Crippen LogP contribution >= 0.6 is 11.3 Å². The molecule has 0 atom stereocenters. The number of carbonyl (C=O) groups excluding carboxylic acids is 1. The minimum absolute atomic E-state index is 0.236. The number of rotatable bonds is 6. The van der Waals surface area contributed by atoms with Crippen molar-refractivity contribution >= 4 is 22.9 Å². The number of benzene rings is 2. The van der Waals surface area contributed by atoms with Gasteiger partial charge in [-0.25, -0.2) is 9.97 Å². The fraction of sp³-hybridized carbons (Fsp3) is 0.0833. The van der Waals surface area contributed by atoms with Gasteiger partial charge < -0.3 is 14.8 Å². The van der Waals surface area contributed by atoms with Gasteiger partial charge in [-0.15, -0.1) is 11.3 Å². The van der Waals surface area contributed by atoms with Crippen LogP contribution < -0.4 is 14.8 Å². The Labute approximate surface area is 188 Å². The molecule has 2 aromatic heterocycles. The summed E-state index contributed by atoms with van der Waals surface area (Å²) in [4.78, 5) is 21.3. The molecule has 0 fully saturated rings. The quantitative estimate of drug-likeness (QED) is 0.427. The number of ether oxygens (including phenoxy) is 2. The molecule has 0 aliphatic rings. The Morgan fingerprint density at radius 2 is 1.91 bits per heavy atom. The molecule has 0 saturated carbocycles. The molecule has 0 radical (unpaired) electrons. The largest absolute Gasteiger partial charge is 0.497 e. The van der Waals surface area contributed by atoms with Crippen molar-refractivity contribution in [3.63, 3.8) is 0 Å². The number of amides is 1. The third-order valence-electron chi connectivity index (χ3n) is 4.63. The number of methoxy groups -OCH3 is 1. The zero-order valence-corrected chi connectivity index (χ0v) is 18.1. The Bertz CT molecular complexity index is 1310. The molecule has 0 spiro atoms. The molecule has 0 bridgehead atoms. The number of hydrogen-bond acceptors (Lipinski definition) is 7. The van der Waals surface area contributed by atoms with E-state index in [9.17, 15) is 10.1 Å². The first-order valence-corrected chi connectivity index (χ1v) is 10.5. The minimum atomic E-state index is -0.297. The third-order valence-corrected chi connectivity index (χ3v) is 5.52. The van der Waals surface area contributed by atoms with Gasteiger partial charge >= 0.3 is 0 Å². The molecule has 158 valence electrons. The average Bonchev–Trinajstić information content (AvgIpc) is 3.32. The summed E-state index contributed by atoms with van der Waals surface area (Å²) in [7, 11) is 1.61. The monoisotopic (exact) mass is 442 g/mol. The topological polar surface area (TPSA) is 97.1 Å². The van der Waals surface area contributed by atoms with Crippen molar-refractivity contribution in [3.8, 4) is 34.0 Å². The van der Waals surface area contributed by atoms with Crippen LogP contribution in [0.15, 0.2) is 66.2 Å². The molecule has 32 heavy (non-hydrogen) atoms. The number of pyridine rings is 1. The number of thiazole rings is 1. The average molecular weight is 443 g/mol. The van der Waals surface area contributed by atoms with Crippen LogP contribution in [0.4, 0.5) is 5.69 Å². The molecule has 2 aromatic carbocycles. The fourth-order valence-corrected chi connectivity index (χ4v) is 3.75. The van der Waals surface area contributed by atoms with Crippen molar-refractivity contribution < 1.29 is 14.3 Å². The zero-order valence-electron chi connectivity index (χ0n) is 17.3. The van der Waals surface area contributed by atoms with E-state index in [0.717, 1.165) is 21.9 Å². The molecule has 4 aromatic rings. The summed E-state index contributed by atoms with van der Waals surface area (Å²) in [6, 6.07) is 18.1. The highest BCUT2D eigenvalue weighted by Crippen LogP contribution is 2.28. The highest BCUT2D eigenvalue weighted by molar-refractivity contribution is 7.13. The standard InChI is InChI=1S/C24H18N4O3S/c1-15-12-19(31-23-17(13-25)4-3-11-26-23)9-10-20(15)27-22(29)21-14-32-24(28-21)16-5-7-18(30-2)8-6-16/h3-12,14H,1-2H3,(H,27,29). The van der Waals surface area contributed by atoms with Crippen molar-refractivity contribution in [1.29, 1.82) is 5.26 Å². The second kappa shape index (κ2) is 9.29. The van der Waals surface area contributed by atoms with E-state index in [4.69, 9.17) is 9.47 Å². The molecular formula is C24H18N4O3S. The lowest BCUT2D eigenvalue weighted by molar-refractivity contribution is 0.102. The highest BCUT2D eigenvalue weighted by atomic mass is 32.1. The molecule has 2 heterocycles. The summed E-state index contributed by atoms with van der Waals surface area (Å²) in [5.41, 5.74) is 3.05. The summed E-state index contributed by atoms with van der Waals surface area (Å²) in [6.45, 7) is 1.86. The molecular weight excluding hydrogens is 424 g/mol. The van der Waals surface area contributed by atoms with Gasteiger partial charge in [0.2, 0.25) is 5.88 Å². The number of nitrogens with one attached hydrogen (secondary N) is 1. The van der Waals surface area contributed by atoms with E-state index in [1.54, 1.807) is 49.0 Å². The van der Waals surface area contributed by atoms with E-state index in [-0.39, 0.29) is 11.8 Å². The van der Waals surface area contributed by atoms with Gasteiger partial charge in [0.05, 0.1) is 7.11 Å². The van der Waals surface area contributed by atoms with Crippen LogP contribution in [0, 0.1) is 18.3 Å². The second-order valence-electron chi connectivity index (χ2n) is 6.77. The lowest BCUT2D eigenvalue weighted by Crippen LogP contribution is -2.13. The van der Waals surface area contributed by atoms with E-state index >= 15 is 0 Å². The SMILES string of the molecule is COc1ccc(-c2nc(C(=O)Nc3ccc(Oc4ncccc4C#N)cc3C)cs2)cc1. The van der Waals surface area contributed by atoms with E-state index < -0.39 is 0 Å². The number of aromatic nitrogens is 2. The van der Waals surface area contributed by atoms with Crippen molar-refractivity contribution in [2.75, 3.05) is 12.4 Å². The number of anilines is 1. The molecule has 8 heteroatoms. The fourth-order valence-electron chi connectivity index (χ4n) is 2.94. The van der Waals surface area contributed by atoms with Gasteiger partial charge in [-0.2, -0.15) is 5.26 Å². The van der Waals surface area contributed by atoms with Gasteiger partial charge in [0.25, 0.3) is 5.91 Å². The predicted octanol–water partition coefficient (Wildman–Crippen LogP) is 5.44. The zero-order chi connectivity index (χ0) is 22.5. The molecule has 4 rings (SSSR count). The molecule has 0 aliphatic carbocycles. The first-order chi connectivity index (χ1) is 15.6. The molecule has 0 saturated heterocycles. The lowest BCUT2D eigenvalue weighted by atomic mass is 10.2. The number of carbonyl (C=O) groups is 1. The first-order valence-electron chi connectivity index (χ1n) is 9.62. The van der Waals surface area contributed by atoms with Gasteiger partial charge in [-0.3, -0.25) is 4.79 Å². The smallest absolute Gasteiger partial charge is 0.275 e. The van der Waals surface area contributed by atoms with Crippen molar-refractivity contribution in [1.82, 2.24) is 9.97 Å². The number of nitrogens with zero attached hydrogens (tertiary/aromatic N) is 3. The van der Waals surface area contributed by atoms with Gasteiger partial charge in [-0.05, 0) is 67.1 Å². The Morgan fingerprint density at radius 3 is 2.62 bits per heavy atom. The van der Waals surface area contributed by atoms with Gasteiger partial charge in [0, 0.05) is 22.8 Å². The molecule has 0 unspecified atom stereocenters.